The predicted molar refractivity (Wildman–Crippen MR) is 138 cm³/mol. The van der Waals surface area contributed by atoms with Crippen LogP contribution in [0.2, 0.25) is 0 Å². The van der Waals surface area contributed by atoms with Crippen molar-refractivity contribution < 1.29 is 14.6 Å². The minimum Gasteiger partial charge on any atom is -0.508 e. The van der Waals surface area contributed by atoms with Gasteiger partial charge in [0.25, 0.3) is 0 Å². The minimum atomic E-state index is 0.233. The number of benzene rings is 2. The molecule has 2 aromatic carbocycles. The molecule has 0 unspecified atom stereocenters. The zero-order valence-corrected chi connectivity index (χ0v) is 19.9. The number of H-pyrrole nitrogens is 1. The molecule has 180 valence electrons. The third-order valence-electron chi connectivity index (χ3n) is 6.27. The third kappa shape index (κ3) is 4.99. The van der Waals surface area contributed by atoms with Crippen LogP contribution in [-0.4, -0.2) is 65.6 Å². The lowest BCUT2D eigenvalue weighted by Crippen LogP contribution is -2.42. The first kappa shape index (κ1) is 22.9. The van der Waals surface area contributed by atoms with Crippen LogP contribution in [0.3, 0.4) is 0 Å². The van der Waals surface area contributed by atoms with Crippen molar-refractivity contribution >= 4 is 23.2 Å². The van der Waals surface area contributed by atoms with E-state index < -0.39 is 0 Å². The van der Waals surface area contributed by atoms with Crippen molar-refractivity contribution in [1.82, 2.24) is 25.4 Å². The first-order valence-electron chi connectivity index (χ1n) is 11.6. The number of ether oxygens (including phenoxy) is 2. The third-order valence-corrected chi connectivity index (χ3v) is 6.27. The zero-order chi connectivity index (χ0) is 24.2. The molecular formula is C27H29N5O3. The number of aromatic amines is 1. The molecule has 1 fully saturated rings. The number of aromatic hydroxyl groups is 1. The smallest absolute Gasteiger partial charge is 0.182 e. The standard InChI is InChI=1S/C27H29N5O3/c1-34-22-9-5-19(25(16-22)35-2)6-10-23-26-20(17-32-13-11-28-12-14-32)15-24(29-27(26)31-30-23)18-3-7-21(33)8-4-18/h3-10,15-16,28,33H,11-14,17H2,1-2H3,(H,29,30,31)/b10-6+. The first-order valence-corrected chi connectivity index (χ1v) is 11.6. The van der Waals surface area contributed by atoms with Gasteiger partial charge in [-0.15, -0.1) is 0 Å². The van der Waals surface area contributed by atoms with E-state index in [2.05, 4.69) is 26.5 Å². The lowest BCUT2D eigenvalue weighted by Gasteiger charge is -2.27. The highest BCUT2D eigenvalue weighted by Gasteiger charge is 2.17. The second-order valence-corrected chi connectivity index (χ2v) is 8.52. The van der Waals surface area contributed by atoms with Gasteiger partial charge in [-0.3, -0.25) is 10.00 Å². The quantitative estimate of drug-likeness (QED) is 0.376. The molecule has 3 N–H and O–H groups in total. The molecule has 0 radical (unpaired) electrons. The Bertz CT molecular complexity index is 1340. The Morgan fingerprint density at radius 3 is 2.54 bits per heavy atom. The molecule has 0 spiro atoms. The van der Waals surface area contributed by atoms with Crippen molar-refractivity contribution in [1.29, 1.82) is 0 Å². The van der Waals surface area contributed by atoms with Gasteiger partial charge in [-0.1, -0.05) is 0 Å². The van der Waals surface area contributed by atoms with Gasteiger partial charge in [0.05, 0.1) is 31.0 Å². The largest absolute Gasteiger partial charge is 0.508 e. The van der Waals surface area contributed by atoms with E-state index in [1.807, 2.05) is 42.5 Å². The molecule has 0 bridgehead atoms. The fourth-order valence-corrected chi connectivity index (χ4v) is 4.39. The maximum atomic E-state index is 9.70. The van der Waals surface area contributed by atoms with Gasteiger partial charge >= 0.3 is 0 Å². The summed E-state index contributed by atoms with van der Waals surface area (Å²) in [6, 6.07) is 15.0. The minimum absolute atomic E-state index is 0.233. The highest BCUT2D eigenvalue weighted by molar-refractivity contribution is 5.92. The summed E-state index contributed by atoms with van der Waals surface area (Å²) in [4.78, 5) is 7.27. The van der Waals surface area contributed by atoms with E-state index in [4.69, 9.17) is 14.5 Å². The summed E-state index contributed by atoms with van der Waals surface area (Å²) in [6.45, 7) is 4.75. The first-order chi connectivity index (χ1) is 17.1. The predicted octanol–water partition coefficient (Wildman–Crippen LogP) is 3.92. The highest BCUT2D eigenvalue weighted by atomic mass is 16.5. The van der Waals surface area contributed by atoms with Gasteiger partial charge in [-0.25, -0.2) is 4.98 Å². The molecule has 0 saturated carbocycles. The molecule has 1 aliphatic rings. The van der Waals surface area contributed by atoms with E-state index in [0.717, 1.165) is 77.7 Å². The summed E-state index contributed by atoms with van der Waals surface area (Å²) in [6.07, 6.45) is 4.02. The SMILES string of the molecule is COc1ccc(/C=C/c2[nH]nc3nc(-c4ccc(O)cc4)cc(CN4CCNCC4)c23)c(OC)c1. The lowest BCUT2D eigenvalue weighted by molar-refractivity contribution is 0.234. The Labute approximate surface area is 204 Å². The van der Waals surface area contributed by atoms with Crippen molar-refractivity contribution in [2.45, 2.75) is 6.54 Å². The molecule has 5 rings (SSSR count). The van der Waals surface area contributed by atoms with Crippen molar-refractivity contribution in [3.05, 3.63) is 65.4 Å². The number of hydrogen-bond acceptors (Lipinski definition) is 7. The number of phenolic OH excluding ortho intramolecular Hbond substituents is 1. The van der Waals surface area contributed by atoms with Crippen molar-refractivity contribution in [2.24, 2.45) is 0 Å². The molecule has 8 nitrogen and oxygen atoms in total. The molecule has 8 heteroatoms. The monoisotopic (exact) mass is 471 g/mol. The van der Waals surface area contributed by atoms with Gasteiger partial charge in [-0.2, -0.15) is 5.10 Å². The van der Waals surface area contributed by atoms with E-state index in [1.165, 1.54) is 0 Å². The van der Waals surface area contributed by atoms with E-state index >= 15 is 0 Å². The second kappa shape index (κ2) is 10.2. The molecule has 3 heterocycles. The number of piperazine rings is 1. The number of nitrogens with zero attached hydrogens (tertiary/aromatic N) is 3. The van der Waals surface area contributed by atoms with Gasteiger partial charge in [-0.05, 0) is 60.2 Å². The van der Waals surface area contributed by atoms with E-state index in [-0.39, 0.29) is 5.75 Å². The average Bonchev–Trinajstić information content (AvgIpc) is 3.31. The van der Waals surface area contributed by atoms with Crippen LogP contribution >= 0.6 is 0 Å². The van der Waals surface area contributed by atoms with Crippen LogP contribution in [0.15, 0.2) is 48.5 Å². The molecule has 35 heavy (non-hydrogen) atoms. The summed E-state index contributed by atoms with van der Waals surface area (Å²) in [5.74, 6) is 1.71. The molecule has 0 atom stereocenters. The Hall–Kier alpha value is -3.88. The van der Waals surface area contributed by atoms with Crippen LogP contribution in [0, 0.1) is 0 Å². The molecule has 0 amide bonds. The van der Waals surface area contributed by atoms with E-state index in [0.29, 0.717) is 5.65 Å². The Kier molecular flexibility index (Phi) is 6.65. The number of nitrogens with one attached hydrogen (secondary N) is 2. The van der Waals surface area contributed by atoms with Gasteiger partial charge in [0.1, 0.15) is 17.2 Å². The van der Waals surface area contributed by atoms with Gasteiger partial charge in [0.15, 0.2) is 5.65 Å². The number of rotatable bonds is 7. The normalized spacial score (nSPS) is 14.6. The summed E-state index contributed by atoms with van der Waals surface area (Å²) in [7, 11) is 3.29. The van der Waals surface area contributed by atoms with Crippen molar-refractivity contribution in [3.8, 4) is 28.5 Å². The van der Waals surface area contributed by atoms with Gasteiger partial charge in [0.2, 0.25) is 0 Å². The van der Waals surface area contributed by atoms with Crippen LogP contribution in [-0.2, 0) is 6.54 Å². The van der Waals surface area contributed by atoms with E-state index in [9.17, 15) is 5.11 Å². The number of fused-ring (bicyclic) bond motifs is 1. The Morgan fingerprint density at radius 2 is 1.80 bits per heavy atom. The number of pyridine rings is 1. The second-order valence-electron chi connectivity index (χ2n) is 8.52. The molecule has 0 aliphatic carbocycles. The lowest BCUT2D eigenvalue weighted by atomic mass is 10.0. The fraction of sp³-hybridized carbons (Fsp3) is 0.259. The summed E-state index contributed by atoms with van der Waals surface area (Å²) >= 11 is 0. The average molecular weight is 472 g/mol. The van der Waals surface area contributed by atoms with Crippen LogP contribution in [0.1, 0.15) is 16.8 Å². The summed E-state index contributed by atoms with van der Waals surface area (Å²) in [5, 5.41) is 21.8. The highest BCUT2D eigenvalue weighted by Crippen LogP contribution is 2.30. The summed E-state index contributed by atoms with van der Waals surface area (Å²) < 4.78 is 10.9. The van der Waals surface area contributed by atoms with Crippen LogP contribution < -0.4 is 14.8 Å². The molecule has 4 aromatic rings. The number of aromatic nitrogens is 3. The van der Waals surface area contributed by atoms with Crippen LogP contribution in [0.25, 0.3) is 34.4 Å². The Morgan fingerprint density at radius 1 is 1.00 bits per heavy atom. The summed E-state index contributed by atoms with van der Waals surface area (Å²) in [5.41, 5.74) is 5.44. The number of phenols is 1. The molecular weight excluding hydrogens is 442 g/mol. The van der Waals surface area contributed by atoms with Crippen molar-refractivity contribution in [3.63, 3.8) is 0 Å². The molecule has 1 saturated heterocycles. The van der Waals surface area contributed by atoms with Gasteiger partial charge < -0.3 is 19.9 Å². The van der Waals surface area contributed by atoms with E-state index in [1.54, 1.807) is 26.4 Å². The van der Waals surface area contributed by atoms with Crippen LogP contribution in [0.5, 0.6) is 17.2 Å². The molecule has 1 aliphatic heterocycles. The van der Waals surface area contributed by atoms with Crippen LogP contribution in [0.4, 0.5) is 0 Å². The Balaban J connectivity index is 1.56. The zero-order valence-electron chi connectivity index (χ0n) is 19.9. The van der Waals surface area contributed by atoms with Gasteiger partial charge in [0, 0.05) is 49.9 Å². The maximum Gasteiger partial charge on any atom is 0.182 e. The topological polar surface area (TPSA) is 95.5 Å². The van der Waals surface area contributed by atoms with Crippen molar-refractivity contribution in [2.75, 3.05) is 40.4 Å². The molecule has 2 aromatic heterocycles. The number of hydrogen-bond donors (Lipinski definition) is 3. The number of methoxy groups -OCH3 is 2. The maximum absolute atomic E-state index is 9.70. The fourth-order valence-electron chi connectivity index (χ4n) is 4.39.